The fourth-order valence-corrected chi connectivity index (χ4v) is 2.17. The van der Waals surface area contributed by atoms with E-state index in [1.807, 2.05) is 0 Å². The van der Waals surface area contributed by atoms with E-state index in [9.17, 15) is 19.1 Å². The first kappa shape index (κ1) is 14.7. The van der Waals surface area contributed by atoms with Crippen molar-refractivity contribution in [3.8, 4) is 0 Å². The van der Waals surface area contributed by atoms with Crippen molar-refractivity contribution < 1.29 is 23.8 Å². The smallest absolute Gasteiger partial charge is 0.411 e. The van der Waals surface area contributed by atoms with E-state index in [-0.39, 0.29) is 19.4 Å². The normalized spacial score (nSPS) is 28.3. The SMILES string of the molecule is CC[C@]1(C(=O)O)C[C@@H](F)CN1C(=O)OC(C)(C)C. The van der Waals surface area contributed by atoms with Crippen molar-refractivity contribution in [3.05, 3.63) is 0 Å². The summed E-state index contributed by atoms with van der Waals surface area (Å²) in [5, 5.41) is 9.28. The molecule has 0 aromatic carbocycles. The lowest BCUT2D eigenvalue weighted by atomic mass is 9.93. The summed E-state index contributed by atoms with van der Waals surface area (Å²) in [6, 6.07) is 0. The van der Waals surface area contributed by atoms with Crippen LogP contribution < -0.4 is 0 Å². The van der Waals surface area contributed by atoms with Crippen LogP contribution in [0.5, 0.6) is 0 Å². The van der Waals surface area contributed by atoms with Gasteiger partial charge in [0.05, 0.1) is 6.54 Å². The van der Waals surface area contributed by atoms with E-state index in [0.717, 1.165) is 4.90 Å². The van der Waals surface area contributed by atoms with Gasteiger partial charge in [0, 0.05) is 6.42 Å². The zero-order valence-electron chi connectivity index (χ0n) is 11.2. The largest absolute Gasteiger partial charge is 0.479 e. The molecule has 0 aromatic heterocycles. The van der Waals surface area contributed by atoms with Crippen LogP contribution in [0.1, 0.15) is 40.5 Å². The lowest BCUT2D eigenvalue weighted by Crippen LogP contribution is -2.53. The molecule has 0 aromatic rings. The first-order chi connectivity index (χ1) is 8.12. The summed E-state index contributed by atoms with van der Waals surface area (Å²) < 4.78 is 18.6. The molecular formula is C12H20FNO4. The quantitative estimate of drug-likeness (QED) is 0.827. The highest BCUT2D eigenvalue weighted by atomic mass is 19.1. The molecule has 1 heterocycles. The summed E-state index contributed by atoms with van der Waals surface area (Å²) in [4.78, 5) is 24.3. The molecule has 2 atom stereocenters. The van der Waals surface area contributed by atoms with Crippen molar-refractivity contribution in [1.82, 2.24) is 4.90 Å². The van der Waals surface area contributed by atoms with Crippen LogP contribution in [-0.2, 0) is 9.53 Å². The Bertz CT molecular complexity index is 352. The van der Waals surface area contributed by atoms with Gasteiger partial charge in [-0.3, -0.25) is 4.90 Å². The topological polar surface area (TPSA) is 66.8 Å². The lowest BCUT2D eigenvalue weighted by Gasteiger charge is -2.34. The number of carbonyl (C=O) groups is 2. The van der Waals surface area contributed by atoms with Gasteiger partial charge in [0.15, 0.2) is 0 Å². The van der Waals surface area contributed by atoms with E-state index in [1.165, 1.54) is 0 Å². The van der Waals surface area contributed by atoms with E-state index >= 15 is 0 Å². The van der Waals surface area contributed by atoms with E-state index in [1.54, 1.807) is 27.7 Å². The molecule has 1 aliphatic heterocycles. The first-order valence-corrected chi connectivity index (χ1v) is 6.00. The molecule has 18 heavy (non-hydrogen) atoms. The van der Waals surface area contributed by atoms with Crippen LogP contribution in [0.15, 0.2) is 0 Å². The van der Waals surface area contributed by atoms with E-state index in [2.05, 4.69) is 0 Å². The summed E-state index contributed by atoms with van der Waals surface area (Å²) in [5.74, 6) is -1.18. The number of alkyl halides is 1. The van der Waals surface area contributed by atoms with Gasteiger partial charge in [0.25, 0.3) is 0 Å². The van der Waals surface area contributed by atoms with Crippen molar-refractivity contribution in [3.63, 3.8) is 0 Å². The molecule has 104 valence electrons. The maximum atomic E-state index is 13.5. The molecule has 1 aliphatic rings. The number of carboxylic acids is 1. The Morgan fingerprint density at radius 3 is 2.44 bits per heavy atom. The number of halogens is 1. The Kier molecular flexibility index (Phi) is 3.88. The summed E-state index contributed by atoms with van der Waals surface area (Å²) in [7, 11) is 0. The number of likely N-dealkylation sites (tertiary alicyclic amines) is 1. The van der Waals surface area contributed by atoms with Gasteiger partial charge in [0.2, 0.25) is 0 Å². The molecule has 0 spiro atoms. The molecule has 0 saturated carbocycles. The minimum absolute atomic E-state index is 0.155. The Labute approximate surface area is 106 Å². The predicted molar refractivity (Wildman–Crippen MR) is 63.1 cm³/mol. The third-order valence-electron chi connectivity index (χ3n) is 3.05. The molecule has 5 nitrogen and oxygen atoms in total. The third kappa shape index (κ3) is 2.73. The lowest BCUT2D eigenvalue weighted by molar-refractivity contribution is -0.149. The number of aliphatic carboxylic acids is 1. The molecule has 1 fully saturated rings. The van der Waals surface area contributed by atoms with Crippen molar-refractivity contribution >= 4 is 12.1 Å². The van der Waals surface area contributed by atoms with Gasteiger partial charge in [-0.2, -0.15) is 0 Å². The zero-order valence-corrected chi connectivity index (χ0v) is 11.2. The maximum absolute atomic E-state index is 13.5. The van der Waals surface area contributed by atoms with Crippen LogP contribution in [0.2, 0.25) is 0 Å². The Hall–Kier alpha value is -1.33. The second kappa shape index (κ2) is 4.74. The van der Waals surface area contributed by atoms with E-state index < -0.39 is 29.4 Å². The number of hydrogen-bond donors (Lipinski definition) is 1. The molecule has 6 heteroatoms. The highest BCUT2D eigenvalue weighted by molar-refractivity contribution is 5.85. The summed E-state index contributed by atoms with van der Waals surface area (Å²) in [6.07, 6.45) is -2.12. The molecule has 0 radical (unpaired) electrons. The van der Waals surface area contributed by atoms with Gasteiger partial charge < -0.3 is 9.84 Å². The van der Waals surface area contributed by atoms with Gasteiger partial charge in [-0.15, -0.1) is 0 Å². The number of amides is 1. The Morgan fingerprint density at radius 2 is 2.06 bits per heavy atom. The third-order valence-corrected chi connectivity index (χ3v) is 3.05. The van der Waals surface area contributed by atoms with Gasteiger partial charge in [0.1, 0.15) is 17.3 Å². The molecule has 1 saturated heterocycles. The number of nitrogens with zero attached hydrogens (tertiary/aromatic N) is 1. The number of carboxylic acid groups (broad SMARTS) is 1. The highest BCUT2D eigenvalue weighted by Gasteiger charge is 2.53. The van der Waals surface area contributed by atoms with E-state index in [4.69, 9.17) is 4.74 Å². The highest BCUT2D eigenvalue weighted by Crippen LogP contribution is 2.35. The molecule has 1 N–H and O–H groups in total. The van der Waals surface area contributed by atoms with Crippen molar-refractivity contribution in [2.75, 3.05) is 6.54 Å². The number of rotatable bonds is 2. The van der Waals surface area contributed by atoms with Crippen molar-refractivity contribution in [1.29, 1.82) is 0 Å². The molecule has 0 unspecified atom stereocenters. The number of hydrogen-bond acceptors (Lipinski definition) is 3. The first-order valence-electron chi connectivity index (χ1n) is 6.00. The van der Waals surface area contributed by atoms with Gasteiger partial charge >= 0.3 is 12.1 Å². The summed E-state index contributed by atoms with van der Waals surface area (Å²) in [5.41, 5.74) is -2.22. The summed E-state index contributed by atoms with van der Waals surface area (Å²) >= 11 is 0. The maximum Gasteiger partial charge on any atom is 0.411 e. The number of ether oxygens (including phenoxy) is 1. The van der Waals surface area contributed by atoms with E-state index in [0.29, 0.717) is 0 Å². The second-order valence-electron chi connectivity index (χ2n) is 5.58. The summed E-state index contributed by atoms with van der Waals surface area (Å²) in [6.45, 7) is 6.45. The average molecular weight is 261 g/mol. The molecule has 0 bridgehead atoms. The molecule has 1 rings (SSSR count). The second-order valence-corrected chi connectivity index (χ2v) is 5.58. The molecule has 1 amide bonds. The van der Waals surface area contributed by atoms with Crippen molar-refractivity contribution in [2.45, 2.75) is 57.8 Å². The van der Waals surface area contributed by atoms with Crippen LogP contribution in [0.3, 0.4) is 0 Å². The minimum atomic E-state index is -1.48. The molecular weight excluding hydrogens is 241 g/mol. The monoisotopic (exact) mass is 261 g/mol. The van der Waals surface area contributed by atoms with Gasteiger partial charge in [-0.25, -0.2) is 14.0 Å². The van der Waals surface area contributed by atoms with Crippen LogP contribution in [-0.4, -0.2) is 45.9 Å². The fourth-order valence-electron chi connectivity index (χ4n) is 2.17. The predicted octanol–water partition coefficient (Wildman–Crippen LogP) is 2.20. The van der Waals surface area contributed by atoms with Crippen molar-refractivity contribution in [2.24, 2.45) is 0 Å². The van der Waals surface area contributed by atoms with Crippen LogP contribution in [0, 0.1) is 0 Å². The standard InChI is InChI=1S/C12H20FNO4/c1-5-12(9(15)16)6-8(13)7-14(12)10(17)18-11(2,3)4/h8H,5-7H2,1-4H3,(H,15,16)/t8-,12-/m1/s1. The Morgan fingerprint density at radius 1 is 1.50 bits per heavy atom. The van der Waals surface area contributed by atoms with Gasteiger partial charge in [-0.1, -0.05) is 6.92 Å². The zero-order chi connectivity index (χ0) is 14.1. The average Bonchev–Trinajstić information content (AvgIpc) is 2.54. The molecule has 0 aliphatic carbocycles. The van der Waals surface area contributed by atoms with Gasteiger partial charge in [-0.05, 0) is 27.2 Å². The van der Waals surface area contributed by atoms with Crippen LogP contribution in [0.25, 0.3) is 0 Å². The Balaban J connectivity index is 2.98. The fraction of sp³-hybridized carbons (Fsp3) is 0.833. The number of carbonyl (C=O) groups excluding carboxylic acids is 1. The van der Waals surface area contributed by atoms with Crippen LogP contribution >= 0.6 is 0 Å². The minimum Gasteiger partial charge on any atom is -0.479 e. The van der Waals surface area contributed by atoms with Crippen LogP contribution in [0.4, 0.5) is 9.18 Å².